The zero-order valence-corrected chi connectivity index (χ0v) is 10.3. The summed E-state index contributed by atoms with van der Waals surface area (Å²) in [6.45, 7) is 4.58. The van der Waals surface area contributed by atoms with Gasteiger partial charge in [-0.05, 0) is 32.0 Å². The smallest absolute Gasteiger partial charge is 0.138 e. The molecule has 0 spiro atoms. The Kier molecular flexibility index (Phi) is 2.51. The summed E-state index contributed by atoms with van der Waals surface area (Å²) in [6, 6.07) is 6.12. The minimum Gasteiger partial charge on any atom is -0.381 e. The van der Waals surface area contributed by atoms with Crippen LogP contribution in [-0.4, -0.2) is 15.4 Å². The number of aromatic amines is 1. The van der Waals surface area contributed by atoms with Crippen LogP contribution in [0, 0.1) is 13.8 Å². The van der Waals surface area contributed by atoms with Crippen molar-refractivity contribution in [3.8, 4) is 0 Å². The second-order valence-corrected chi connectivity index (χ2v) is 4.33. The van der Waals surface area contributed by atoms with Crippen molar-refractivity contribution in [1.29, 1.82) is 0 Å². The number of fused-ring (bicyclic) bond motifs is 1. The Balaban J connectivity index is 1.80. The molecular formula is C13H14N4O. The molecule has 0 atom stereocenters. The van der Waals surface area contributed by atoms with Gasteiger partial charge in [-0.1, -0.05) is 5.16 Å². The highest BCUT2D eigenvalue weighted by atomic mass is 16.5. The molecule has 0 unspecified atom stereocenters. The molecule has 2 aromatic heterocycles. The molecule has 2 heterocycles. The summed E-state index contributed by atoms with van der Waals surface area (Å²) < 4.78 is 5.14. The highest BCUT2D eigenvalue weighted by Gasteiger charge is 2.08. The van der Waals surface area contributed by atoms with Gasteiger partial charge in [-0.15, -0.1) is 0 Å². The largest absolute Gasteiger partial charge is 0.381 e. The molecule has 92 valence electrons. The Morgan fingerprint density at radius 2 is 2.22 bits per heavy atom. The van der Waals surface area contributed by atoms with Gasteiger partial charge in [0.2, 0.25) is 0 Å². The number of benzene rings is 1. The van der Waals surface area contributed by atoms with Crippen molar-refractivity contribution in [2.24, 2.45) is 0 Å². The van der Waals surface area contributed by atoms with Crippen LogP contribution >= 0.6 is 0 Å². The summed E-state index contributed by atoms with van der Waals surface area (Å²) in [6.07, 6.45) is 1.81. The number of hydrogen-bond acceptors (Lipinski definition) is 4. The lowest BCUT2D eigenvalue weighted by Gasteiger charge is -2.05. The predicted molar refractivity (Wildman–Crippen MR) is 69.4 cm³/mol. The van der Waals surface area contributed by atoms with Gasteiger partial charge < -0.3 is 9.84 Å². The molecule has 3 rings (SSSR count). The van der Waals surface area contributed by atoms with E-state index in [0.29, 0.717) is 6.54 Å². The van der Waals surface area contributed by atoms with Crippen LogP contribution < -0.4 is 5.32 Å². The minimum atomic E-state index is 0.709. The molecule has 2 N–H and O–H groups in total. The Labute approximate surface area is 104 Å². The Morgan fingerprint density at radius 1 is 1.33 bits per heavy atom. The molecule has 0 saturated heterocycles. The molecule has 0 aliphatic heterocycles. The van der Waals surface area contributed by atoms with E-state index in [0.717, 1.165) is 33.6 Å². The molecule has 0 aliphatic carbocycles. The van der Waals surface area contributed by atoms with E-state index in [1.54, 1.807) is 0 Å². The Morgan fingerprint density at radius 3 is 3.00 bits per heavy atom. The average molecular weight is 242 g/mol. The van der Waals surface area contributed by atoms with E-state index in [-0.39, 0.29) is 0 Å². The first-order valence-electron chi connectivity index (χ1n) is 5.83. The normalized spacial score (nSPS) is 11.0. The van der Waals surface area contributed by atoms with Gasteiger partial charge in [-0.2, -0.15) is 5.10 Å². The van der Waals surface area contributed by atoms with Gasteiger partial charge in [0.1, 0.15) is 5.76 Å². The third kappa shape index (κ3) is 1.84. The zero-order chi connectivity index (χ0) is 12.5. The number of H-pyrrole nitrogens is 1. The van der Waals surface area contributed by atoms with Crippen molar-refractivity contribution < 1.29 is 4.52 Å². The zero-order valence-electron chi connectivity index (χ0n) is 10.3. The monoisotopic (exact) mass is 242 g/mol. The van der Waals surface area contributed by atoms with Crippen molar-refractivity contribution in [3.05, 3.63) is 41.4 Å². The maximum atomic E-state index is 5.14. The van der Waals surface area contributed by atoms with Gasteiger partial charge in [0.25, 0.3) is 0 Å². The Bertz CT molecular complexity index is 664. The second-order valence-electron chi connectivity index (χ2n) is 4.33. The molecular weight excluding hydrogens is 228 g/mol. The van der Waals surface area contributed by atoms with Gasteiger partial charge in [-0.3, -0.25) is 5.10 Å². The highest BCUT2D eigenvalue weighted by molar-refractivity contribution is 5.81. The van der Waals surface area contributed by atoms with Gasteiger partial charge in [0.05, 0.1) is 17.4 Å². The lowest BCUT2D eigenvalue weighted by atomic mass is 10.2. The van der Waals surface area contributed by atoms with E-state index in [1.807, 2.05) is 38.2 Å². The molecule has 5 heteroatoms. The molecule has 0 bridgehead atoms. The topological polar surface area (TPSA) is 66.7 Å². The van der Waals surface area contributed by atoms with Crippen LogP contribution in [0.5, 0.6) is 0 Å². The van der Waals surface area contributed by atoms with E-state index >= 15 is 0 Å². The summed E-state index contributed by atoms with van der Waals surface area (Å²) in [4.78, 5) is 0. The Hall–Kier alpha value is -2.30. The first kappa shape index (κ1) is 10.8. The lowest BCUT2D eigenvalue weighted by Crippen LogP contribution is -2.01. The van der Waals surface area contributed by atoms with E-state index in [4.69, 9.17) is 4.52 Å². The van der Waals surface area contributed by atoms with Crippen molar-refractivity contribution in [3.63, 3.8) is 0 Å². The number of anilines is 1. The molecule has 0 aliphatic rings. The van der Waals surface area contributed by atoms with Crippen LogP contribution in [0.4, 0.5) is 5.69 Å². The molecule has 5 nitrogen and oxygen atoms in total. The number of hydrogen-bond donors (Lipinski definition) is 2. The van der Waals surface area contributed by atoms with Crippen molar-refractivity contribution in [2.45, 2.75) is 20.4 Å². The molecule has 0 fully saturated rings. The summed E-state index contributed by atoms with van der Waals surface area (Å²) in [5.41, 5.74) is 4.12. The third-order valence-electron chi connectivity index (χ3n) is 3.09. The number of nitrogens with zero attached hydrogens (tertiary/aromatic N) is 2. The number of nitrogens with one attached hydrogen (secondary N) is 2. The lowest BCUT2D eigenvalue weighted by molar-refractivity contribution is 0.392. The van der Waals surface area contributed by atoms with E-state index in [9.17, 15) is 0 Å². The molecule has 0 radical (unpaired) electrons. The first-order valence-corrected chi connectivity index (χ1v) is 5.83. The standard InChI is InChI=1S/C13H14N4O/c1-8-12(9(2)18-17-8)7-14-11-4-3-10-6-15-16-13(10)5-11/h3-6,14H,7H2,1-2H3,(H,15,16). The highest BCUT2D eigenvalue weighted by Crippen LogP contribution is 2.19. The van der Waals surface area contributed by atoms with E-state index in [1.165, 1.54) is 0 Å². The predicted octanol–water partition coefficient (Wildman–Crippen LogP) is 2.78. The van der Waals surface area contributed by atoms with Crippen molar-refractivity contribution >= 4 is 16.6 Å². The summed E-state index contributed by atoms with van der Waals surface area (Å²) in [5.74, 6) is 0.864. The SMILES string of the molecule is Cc1noc(C)c1CNc1ccc2cn[nH]c2c1. The quantitative estimate of drug-likeness (QED) is 0.741. The van der Waals surface area contributed by atoms with Crippen molar-refractivity contribution in [1.82, 2.24) is 15.4 Å². The van der Waals surface area contributed by atoms with Crippen LogP contribution in [0.25, 0.3) is 10.9 Å². The summed E-state index contributed by atoms with van der Waals surface area (Å²) in [5, 5.41) is 15.4. The van der Waals surface area contributed by atoms with Gasteiger partial charge in [-0.25, -0.2) is 0 Å². The van der Waals surface area contributed by atoms with Crippen LogP contribution in [0.3, 0.4) is 0 Å². The molecule has 0 saturated carbocycles. The van der Waals surface area contributed by atoms with Crippen LogP contribution in [0.2, 0.25) is 0 Å². The minimum absolute atomic E-state index is 0.709. The molecule has 18 heavy (non-hydrogen) atoms. The van der Waals surface area contributed by atoms with Crippen molar-refractivity contribution in [2.75, 3.05) is 5.32 Å². The van der Waals surface area contributed by atoms with Gasteiger partial charge in [0.15, 0.2) is 0 Å². The molecule has 0 amide bonds. The second kappa shape index (κ2) is 4.18. The first-order chi connectivity index (χ1) is 8.74. The third-order valence-corrected chi connectivity index (χ3v) is 3.09. The van der Waals surface area contributed by atoms with Gasteiger partial charge >= 0.3 is 0 Å². The van der Waals surface area contributed by atoms with E-state index in [2.05, 4.69) is 20.7 Å². The fourth-order valence-corrected chi connectivity index (χ4v) is 1.99. The van der Waals surface area contributed by atoms with Crippen LogP contribution in [0.1, 0.15) is 17.0 Å². The maximum absolute atomic E-state index is 5.14. The van der Waals surface area contributed by atoms with Crippen LogP contribution in [0.15, 0.2) is 28.9 Å². The average Bonchev–Trinajstić information content (AvgIpc) is 2.94. The summed E-state index contributed by atoms with van der Waals surface area (Å²) in [7, 11) is 0. The number of rotatable bonds is 3. The fourth-order valence-electron chi connectivity index (χ4n) is 1.99. The number of aromatic nitrogens is 3. The number of aryl methyl sites for hydroxylation is 2. The van der Waals surface area contributed by atoms with E-state index < -0.39 is 0 Å². The molecule has 1 aromatic carbocycles. The fraction of sp³-hybridized carbons (Fsp3) is 0.231. The maximum Gasteiger partial charge on any atom is 0.138 e. The van der Waals surface area contributed by atoms with Gasteiger partial charge in [0, 0.05) is 23.2 Å². The van der Waals surface area contributed by atoms with Crippen LogP contribution in [-0.2, 0) is 6.54 Å². The molecule has 3 aromatic rings. The summed E-state index contributed by atoms with van der Waals surface area (Å²) >= 11 is 0.